The van der Waals surface area contributed by atoms with Crippen LogP contribution in [0.3, 0.4) is 0 Å². The van der Waals surface area contributed by atoms with Gasteiger partial charge in [-0.2, -0.15) is 5.06 Å². The number of rotatable bonds is 3. The van der Waals surface area contributed by atoms with Crippen LogP contribution in [0, 0.1) is 0 Å². The molecule has 3 rings (SSSR count). The second-order valence-corrected chi connectivity index (χ2v) is 7.35. The van der Waals surface area contributed by atoms with E-state index in [9.17, 15) is 10.0 Å². The Morgan fingerprint density at radius 2 is 1.60 bits per heavy atom. The Morgan fingerprint density at radius 1 is 1.00 bits per heavy atom. The minimum absolute atomic E-state index is 0.0826. The van der Waals surface area contributed by atoms with E-state index in [1.807, 2.05) is 44.2 Å². The molecule has 0 saturated carbocycles. The van der Waals surface area contributed by atoms with Gasteiger partial charge >= 0.3 is 6.03 Å². The summed E-state index contributed by atoms with van der Waals surface area (Å²) in [7, 11) is 0. The van der Waals surface area contributed by atoms with E-state index in [4.69, 9.17) is 23.2 Å². The highest BCUT2D eigenvalue weighted by molar-refractivity contribution is 6.34. The summed E-state index contributed by atoms with van der Waals surface area (Å²) in [4.78, 5) is 16.2. The van der Waals surface area contributed by atoms with Gasteiger partial charge in [0, 0.05) is 15.7 Å². The first-order valence-corrected chi connectivity index (χ1v) is 8.59. The normalized spacial score (nSPS) is 16.4. The number of carbonyl (C=O) groups is 1. The van der Waals surface area contributed by atoms with Crippen molar-refractivity contribution in [3.8, 4) is 0 Å². The van der Waals surface area contributed by atoms with Gasteiger partial charge in [0.05, 0.1) is 5.54 Å². The van der Waals surface area contributed by atoms with Gasteiger partial charge in [-0.25, -0.2) is 4.79 Å². The summed E-state index contributed by atoms with van der Waals surface area (Å²) in [6.45, 7) is 3.98. The molecular weight excluding hydrogens is 361 g/mol. The number of nitrogens with zero attached hydrogens (tertiary/aromatic N) is 3. The predicted molar refractivity (Wildman–Crippen MR) is 99.0 cm³/mol. The molecule has 0 bridgehead atoms. The molecule has 2 aromatic rings. The summed E-state index contributed by atoms with van der Waals surface area (Å²) in [6.07, 6.45) is 0. The van der Waals surface area contributed by atoms with E-state index in [0.29, 0.717) is 10.0 Å². The molecule has 7 heteroatoms. The second kappa shape index (κ2) is 6.84. The predicted octanol–water partition coefficient (Wildman–Crippen LogP) is 4.78. The van der Waals surface area contributed by atoms with Crippen LogP contribution in [0.25, 0.3) is 0 Å². The van der Waals surface area contributed by atoms with E-state index in [1.54, 1.807) is 23.1 Å². The van der Waals surface area contributed by atoms with Crippen LogP contribution in [-0.2, 0) is 5.54 Å². The molecule has 0 spiro atoms. The Bertz CT molecular complexity index is 763. The highest BCUT2D eigenvalue weighted by atomic mass is 35.5. The van der Waals surface area contributed by atoms with Gasteiger partial charge in [-0.15, -0.1) is 0 Å². The third-order valence-corrected chi connectivity index (χ3v) is 4.82. The zero-order valence-corrected chi connectivity index (χ0v) is 15.5. The summed E-state index contributed by atoms with van der Waals surface area (Å²) in [6, 6.07) is 14.3. The molecule has 132 valence electrons. The number of hydrogen-bond donors (Lipinski definition) is 1. The number of benzene rings is 2. The lowest BCUT2D eigenvalue weighted by molar-refractivity contribution is -0.139. The Kier molecular flexibility index (Phi) is 4.93. The first kappa shape index (κ1) is 18.0. The molecule has 1 saturated heterocycles. The van der Waals surface area contributed by atoms with Crippen molar-refractivity contribution >= 4 is 34.9 Å². The molecule has 1 aliphatic rings. The van der Waals surface area contributed by atoms with Crippen LogP contribution in [0.5, 0.6) is 0 Å². The van der Waals surface area contributed by atoms with Gasteiger partial charge < -0.3 is 5.21 Å². The minimum Gasteiger partial charge on any atom is -0.310 e. The van der Waals surface area contributed by atoms with Gasteiger partial charge in [-0.1, -0.05) is 41.4 Å². The zero-order chi connectivity index (χ0) is 18.2. The number of urea groups is 1. The van der Waals surface area contributed by atoms with Gasteiger partial charge in [-0.3, -0.25) is 9.80 Å². The van der Waals surface area contributed by atoms with Gasteiger partial charge in [-0.05, 0) is 49.7 Å². The number of anilines is 1. The summed E-state index contributed by atoms with van der Waals surface area (Å²) in [5.74, 6) is 0. The fourth-order valence-corrected chi connectivity index (χ4v) is 3.44. The first-order valence-electron chi connectivity index (χ1n) is 7.83. The maximum Gasteiger partial charge on any atom is 0.327 e. The number of halogens is 2. The molecule has 1 N–H and O–H groups in total. The third kappa shape index (κ3) is 3.60. The third-order valence-electron chi connectivity index (χ3n) is 4.38. The number of carbonyl (C=O) groups excluding carboxylic acids is 1. The monoisotopic (exact) mass is 379 g/mol. The van der Waals surface area contributed by atoms with E-state index in [0.717, 1.165) is 16.3 Å². The SMILES string of the molecule is CC(C)(c1cc(Cl)cc(Cl)c1)N1CN(O)CN(c2ccccc2)C1=O. The largest absolute Gasteiger partial charge is 0.327 e. The maximum absolute atomic E-state index is 13.1. The molecule has 0 atom stereocenters. The molecule has 0 aromatic heterocycles. The van der Waals surface area contributed by atoms with Crippen LogP contribution in [0.1, 0.15) is 19.4 Å². The molecule has 5 nitrogen and oxygen atoms in total. The molecule has 2 amide bonds. The van der Waals surface area contributed by atoms with Crippen LogP contribution in [0.4, 0.5) is 10.5 Å². The molecule has 0 aliphatic carbocycles. The molecule has 25 heavy (non-hydrogen) atoms. The standard InChI is InChI=1S/C18H19Cl2N3O2/c1-18(2,13-8-14(19)10-15(20)9-13)23-12-21(25)11-22(17(23)24)16-6-4-3-5-7-16/h3-10,25H,11-12H2,1-2H3. The number of para-hydroxylation sites is 1. The van der Waals surface area contributed by atoms with E-state index >= 15 is 0 Å². The van der Waals surface area contributed by atoms with Crippen LogP contribution in [0.2, 0.25) is 10.0 Å². The van der Waals surface area contributed by atoms with Crippen LogP contribution < -0.4 is 4.90 Å². The maximum atomic E-state index is 13.1. The fourth-order valence-electron chi connectivity index (χ4n) is 2.92. The van der Waals surface area contributed by atoms with Gasteiger partial charge in [0.1, 0.15) is 13.3 Å². The number of hydrogen-bond acceptors (Lipinski definition) is 3. The second-order valence-electron chi connectivity index (χ2n) is 6.48. The quantitative estimate of drug-likeness (QED) is 0.834. The molecule has 1 aliphatic heterocycles. The number of amides is 2. The minimum atomic E-state index is -0.722. The summed E-state index contributed by atoms with van der Waals surface area (Å²) >= 11 is 12.3. The topological polar surface area (TPSA) is 47.0 Å². The van der Waals surface area contributed by atoms with Crippen molar-refractivity contribution in [1.29, 1.82) is 0 Å². The highest BCUT2D eigenvalue weighted by Crippen LogP contribution is 2.35. The lowest BCUT2D eigenvalue weighted by atomic mass is 9.92. The number of hydroxylamine groups is 2. The van der Waals surface area contributed by atoms with Crippen LogP contribution in [0.15, 0.2) is 48.5 Å². The molecule has 1 heterocycles. The molecular formula is C18H19Cl2N3O2. The van der Waals surface area contributed by atoms with Crippen molar-refractivity contribution in [2.45, 2.75) is 19.4 Å². The van der Waals surface area contributed by atoms with E-state index in [1.165, 1.54) is 4.90 Å². The van der Waals surface area contributed by atoms with Crippen molar-refractivity contribution in [2.24, 2.45) is 0 Å². The van der Waals surface area contributed by atoms with Crippen LogP contribution >= 0.6 is 23.2 Å². The summed E-state index contributed by atoms with van der Waals surface area (Å²) < 4.78 is 0. The lowest BCUT2D eigenvalue weighted by Gasteiger charge is -2.47. The summed E-state index contributed by atoms with van der Waals surface area (Å²) in [5, 5.41) is 12.3. The molecule has 1 fully saturated rings. The molecule has 0 radical (unpaired) electrons. The van der Waals surface area contributed by atoms with E-state index in [-0.39, 0.29) is 19.4 Å². The van der Waals surface area contributed by atoms with E-state index < -0.39 is 5.54 Å². The average molecular weight is 380 g/mol. The summed E-state index contributed by atoms with van der Waals surface area (Å²) in [5.41, 5.74) is 0.790. The Morgan fingerprint density at radius 3 is 2.20 bits per heavy atom. The molecule has 2 aromatic carbocycles. The van der Waals surface area contributed by atoms with Crippen molar-refractivity contribution in [3.05, 3.63) is 64.1 Å². The van der Waals surface area contributed by atoms with Gasteiger partial charge in [0.2, 0.25) is 0 Å². The van der Waals surface area contributed by atoms with Crippen molar-refractivity contribution in [3.63, 3.8) is 0 Å². The van der Waals surface area contributed by atoms with Gasteiger partial charge in [0.25, 0.3) is 0 Å². The lowest BCUT2D eigenvalue weighted by Crippen LogP contribution is -2.62. The Labute approximate surface area is 156 Å². The van der Waals surface area contributed by atoms with Crippen LogP contribution in [-0.4, -0.2) is 34.5 Å². The average Bonchev–Trinajstić information content (AvgIpc) is 2.56. The van der Waals surface area contributed by atoms with E-state index in [2.05, 4.69) is 0 Å². The van der Waals surface area contributed by atoms with Crippen molar-refractivity contribution in [1.82, 2.24) is 9.96 Å². The smallest absolute Gasteiger partial charge is 0.310 e. The highest BCUT2D eigenvalue weighted by Gasteiger charge is 2.40. The Balaban J connectivity index is 1.98. The first-order chi connectivity index (χ1) is 11.8. The van der Waals surface area contributed by atoms with Crippen molar-refractivity contribution < 1.29 is 10.0 Å². The van der Waals surface area contributed by atoms with Gasteiger partial charge in [0.15, 0.2) is 0 Å². The Hall–Kier alpha value is -1.79. The fraction of sp³-hybridized carbons (Fsp3) is 0.278. The zero-order valence-electron chi connectivity index (χ0n) is 14.0. The van der Waals surface area contributed by atoms with Crippen molar-refractivity contribution in [2.75, 3.05) is 18.2 Å². The molecule has 0 unspecified atom stereocenters.